The number of nitrogens with zero attached hydrogens (tertiary/aromatic N) is 1. The number of halogens is 1. The Hall–Kier alpha value is -3.77. The number of aromatic amines is 1. The van der Waals surface area contributed by atoms with Crippen LogP contribution in [0.5, 0.6) is 5.75 Å². The van der Waals surface area contributed by atoms with Gasteiger partial charge in [-0.05, 0) is 38.6 Å². The van der Waals surface area contributed by atoms with Crippen molar-refractivity contribution in [2.75, 3.05) is 13.6 Å². The summed E-state index contributed by atoms with van der Waals surface area (Å²) in [6, 6.07) is 5.75. The molecule has 0 saturated carbocycles. The number of amides is 1. The van der Waals surface area contributed by atoms with Crippen molar-refractivity contribution >= 4 is 34.5 Å². The van der Waals surface area contributed by atoms with Gasteiger partial charge in [-0.2, -0.15) is 0 Å². The zero-order valence-corrected chi connectivity index (χ0v) is 20.5. The fraction of sp³-hybridized carbons (Fsp3) is 0.261. The first-order valence-electron chi connectivity index (χ1n) is 10.4. The Kier molecular flexibility index (Phi) is 12.1. The van der Waals surface area contributed by atoms with E-state index in [-0.39, 0.29) is 34.1 Å². The van der Waals surface area contributed by atoms with Gasteiger partial charge in [0.2, 0.25) is 11.8 Å². The van der Waals surface area contributed by atoms with E-state index in [1.807, 2.05) is 6.92 Å². The van der Waals surface area contributed by atoms with Crippen molar-refractivity contribution in [3.8, 4) is 5.75 Å². The summed E-state index contributed by atoms with van der Waals surface area (Å²) in [7, 11) is 1.71. The normalized spacial score (nSPS) is 11.6. The monoisotopic (exact) mass is 503 g/mol. The van der Waals surface area contributed by atoms with E-state index in [1.54, 1.807) is 26.1 Å². The van der Waals surface area contributed by atoms with Crippen molar-refractivity contribution in [2.24, 2.45) is 5.73 Å². The van der Waals surface area contributed by atoms with E-state index in [1.165, 1.54) is 29.4 Å². The molecule has 35 heavy (non-hydrogen) atoms. The van der Waals surface area contributed by atoms with Gasteiger partial charge in [-0.25, -0.2) is 4.39 Å². The summed E-state index contributed by atoms with van der Waals surface area (Å²) in [6.07, 6.45) is 4.45. The molecule has 1 amide bonds. The van der Waals surface area contributed by atoms with Crippen molar-refractivity contribution in [1.82, 2.24) is 15.2 Å². The summed E-state index contributed by atoms with van der Waals surface area (Å²) < 4.78 is 12.8. The van der Waals surface area contributed by atoms with E-state index >= 15 is 0 Å². The molecule has 1 heterocycles. The number of rotatable bonds is 9. The number of aromatic nitrogens is 1. The lowest BCUT2D eigenvalue weighted by Gasteiger charge is -2.26. The van der Waals surface area contributed by atoms with Crippen LogP contribution in [0, 0.1) is 29.0 Å². The standard InChI is InChI=1S/C15H14FN3O2S.C8H16N4O/c1-8-13(20)14(21)11(7-19-8)15(18)22-12(17)6-9-2-4-10(16)5-3-9;1-3-12(6-13)8(11-2)7(4-9)5-10/h2-5,7,17-18,20H,6H2,1H3,(H,19,21);4-6,8-9,11H,3,10H2,1-2H3/b;7-5+,9-4?. The summed E-state index contributed by atoms with van der Waals surface area (Å²) in [6.45, 7) is 3.98. The highest BCUT2D eigenvalue weighted by Crippen LogP contribution is 2.16. The molecule has 0 saturated heterocycles. The molecule has 0 bridgehead atoms. The summed E-state index contributed by atoms with van der Waals surface area (Å²) in [5.74, 6) is -0.773. The number of thioether (sulfide) groups is 1. The van der Waals surface area contributed by atoms with Gasteiger partial charge in [-0.1, -0.05) is 23.9 Å². The SMILES string of the molecule is CCN(C=O)C(NC)/C(C=N)=C/N.Cc1[nH]cc(C(=N)SC(=N)Cc2ccc(F)cc2)c(=O)c1O. The Morgan fingerprint density at radius 3 is 2.46 bits per heavy atom. The Labute approximate surface area is 207 Å². The summed E-state index contributed by atoms with van der Waals surface area (Å²) in [4.78, 5) is 26.7. The third-order valence-corrected chi connectivity index (χ3v) is 5.59. The minimum atomic E-state index is -0.636. The van der Waals surface area contributed by atoms with Gasteiger partial charge in [0.1, 0.15) is 17.0 Å². The molecule has 188 valence electrons. The second-order valence-electron chi connectivity index (χ2n) is 7.10. The number of nitrogens with one attached hydrogen (secondary N) is 5. The van der Waals surface area contributed by atoms with Gasteiger partial charge < -0.3 is 26.1 Å². The van der Waals surface area contributed by atoms with Crippen LogP contribution in [0.3, 0.4) is 0 Å². The van der Waals surface area contributed by atoms with E-state index in [4.69, 9.17) is 22.0 Å². The third-order valence-electron chi connectivity index (χ3n) is 4.78. The second kappa shape index (κ2) is 14.5. The molecule has 0 aliphatic rings. The number of aromatic hydroxyl groups is 1. The zero-order valence-electron chi connectivity index (χ0n) is 19.7. The van der Waals surface area contributed by atoms with E-state index < -0.39 is 11.2 Å². The van der Waals surface area contributed by atoms with E-state index in [0.29, 0.717) is 17.8 Å². The maximum absolute atomic E-state index is 12.8. The van der Waals surface area contributed by atoms with Gasteiger partial charge in [0, 0.05) is 37.2 Å². The van der Waals surface area contributed by atoms with Crippen molar-refractivity contribution in [3.63, 3.8) is 0 Å². The van der Waals surface area contributed by atoms with E-state index in [2.05, 4.69) is 10.3 Å². The van der Waals surface area contributed by atoms with Gasteiger partial charge in [0.25, 0.3) is 0 Å². The number of aryl methyl sites for hydroxylation is 1. The summed E-state index contributed by atoms with van der Waals surface area (Å²) in [5, 5.41) is 35.4. The first-order valence-corrected chi connectivity index (χ1v) is 11.2. The molecule has 0 fully saturated rings. The number of pyridine rings is 1. The van der Waals surface area contributed by atoms with Gasteiger partial charge in [0.05, 0.1) is 16.3 Å². The average Bonchev–Trinajstić information content (AvgIpc) is 2.84. The molecule has 8 N–H and O–H groups in total. The molecule has 10 nitrogen and oxygen atoms in total. The van der Waals surface area contributed by atoms with E-state index in [0.717, 1.165) is 30.0 Å². The van der Waals surface area contributed by atoms with Crippen LogP contribution in [0.15, 0.2) is 47.0 Å². The molecule has 0 aliphatic carbocycles. The van der Waals surface area contributed by atoms with Gasteiger partial charge >= 0.3 is 0 Å². The Morgan fingerprint density at radius 2 is 1.97 bits per heavy atom. The molecule has 2 rings (SSSR count). The number of hydrogen-bond acceptors (Lipinski definition) is 9. The molecule has 2 aromatic rings. The number of likely N-dealkylation sites (N-methyl/N-ethyl adjacent to an activating group) is 2. The van der Waals surface area contributed by atoms with E-state index in [9.17, 15) is 19.1 Å². The molecule has 0 radical (unpaired) electrons. The van der Waals surface area contributed by atoms with Gasteiger partial charge in [0.15, 0.2) is 5.75 Å². The van der Waals surface area contributed by atoms with Crippen LogP contribution in [0.2, 0.25) is 0 Å². The Balaban J connectivity index is 0.000000405. The van der Waals surface area contributed by atoms with Gasteiger partial charge in [-0.3, -0.25) is 25.7 Å². The highest BCUT2D eigenvalue weighted by Gasteiger charge is 2.16. The summed E-state index contributed by atoms with van der Waals surface area (Å²) in [5.41, 5.74) is 6.32. The number of nitrogens with two attached hydrogens (primary N) is 1. The molecular weight excluding hydrogens is 473 g/mol. The van der Waals surface area contributed by atoms with Crippen LogP contribution in [-0.2, 0) is 11.2 Å². The number of carbonyl (C=O) groups excluding carboxylic acids is 1. The second-order valence-corrected chi connectivity index (χ2v) is 8.21. The predicted octanol–water partition coefficient (Wildman–Crippen LogP) is 2.31. The number of benzene rings is 1. The maximum atomic E-state index is 12.8. The fourth-order valence-electron chi connectivity index (χ4n) is 2.84. The van der Waals surface area contributed by atoms with Crippen LogP contribution in [0.25, 0.3) is 0 Å². The summed E-state index contributed by atoms with van der Waals surface area (Å²) >= 11 is 0.822. The number of carbonyl (C=O) groups is 1. The molecule has 12 heteroatoms. The van der Waals surface area contributed by atoms with Crippen LogP contribution < -0.4 is 16.5 Å². The van der Waals surface area contributed by atoms with Crippen LogP contribution in [0.4, 0.5) is 4.39 Å². The molecule has 1 atom stereocenters. The predicted molar refractivity (Wildman–Crippen MR) is 138 cm³/mol. The number of H-pyrrole nitrogens is 1. The van der Waals surface area contributed by atoms with Crippen molar-refractivity contribution in [2.45, 2.75) is 26.4 Å². The molecule has 0 spiro atoms. The van der Waals surface area contributed by atoms with Gasteiger partial charge in [-0.15, -0.1) is 0 Å². The third kappa shape index (κ3) is 8.50. The minimum Gasteiger partial charge on any atom is -0.503 e. The lowest BCUT2D eigenvalue weighted by Crippen LogP contribution is -2.45. The average molecular weight is 504 g/mol. The molecule has 0 aliphatic heterocycles. The molecular formula is C23H30FN7O3S. The lowest BCUT2D eigenvalue weighted by molar-refractivity contribution is -0.119. The Bertz CT molecular complexity index is 1130. The van der Waals surface area contributed by atoms with Crippen LogP contribution in [0.1, 0.15) is 23.7 Å². The van der Waals surface area contributed by atoms with Crippen molar-refractivity contribution in [3.05, 3.63) is 75.1 Å². The maximum Gasteiger partial charge on any atom is 0.233 e. The smallest absolute Gasteiger partial charge is 0.233 e. The lowest BCUT2D eigenvalue weighted by atomic mass is 10.2. The van der Waals surface area contributed by atoms with Crippen molar-refractivity contribution < 1.29 is 14.3 Å². The zero-order chi connectivity index (χ0) is 26.5. The first kappa shape index (κ1) is 29.3. The fourth-order valence-corrected chi connectivity index (χ4v) is 3.59. The Morgan fingerprint density at radius 1 is 1.34 bits per heavy atom. The quantitative estimate of drug-likeness (QED) is 0.119. The largest absolute Gasteiger partial charge is 0.503 e. The molecule has 1 unspecified atom stereocenters. The highest BCUT2D eigenvalue weighted by atomic mass is 32.2. The number of hydrogen-bond donors (Lipinski definition) is 7. The van der Waals surface area contributed by atoms with Crippen molar-refractivity contribution in [1.29, 1.82) is 16.2 Å². The van der Waals surface area contributed by atoms with Crippen LogP contribution in [-0.4, -0.2) is 57.5 Å². The highest BCUT2D eigenvalue weighted by molar-refractivity contribution is 8.26. The molecule has 1 aromatic heterocycles. The first-order chi connectivity index (χ1) is 16.6. The minimum absolute atomic E-state index is 0.0111. The molecule has 1 aromatic carbocycles. The topological polar surface area (TPSA) is 183 Å². The van der Waals surface area contributed by atoms with Crippen LogP contribution >= 0.6 is 11.8 Å².